The largest absolute Gasteiger partial charge is 0.396 e. The molecule has 1 unspecified atom stereocenters. The van der Waals surface area contributed by atoms with Crippen molar-refractivity contribution >= 4 is 0 Å². The standard InChI is InChI=1S/C7H13F2NO2.C7H15NO3.C6H11F2NO2/c1-7(8,9)4-2-10-3-5(11)6(4)12;1-7(11)4-8-2-5(3-9)6(7)10;7-6(8)3-9-1-4(2-10)5(6)11/h4-6,10-12H,2-3H2,1H3;5-6,8-11H,2-4H2,1H3;4-5,9-11H,1-3H2/t4-,5+,6+;5-,6-,7?;4-,5-/m011/s1. The summed E-state index contributed by atoms with van der Waals surface area (Å²) in [4.78, 5) is 0. The molecule has 14 heteroatoms. The van der Waals surface area contributed by atoms with Crippen molar-refractivity contribution in [2.45, 2.75) is 55.7 Å². The molecule has 0 saturated carbocycles. The van der Waals surface area contributed by atoms with Gasteiger partial charge in [-0.25, -0.2) is 17.6 Å². The summed E-state index contributed by atoms with van der Waals surface area (Å²) in [5.41, 5.74) is -1.11. The lowest BCUT2D eigenvalue weighted by Gasteiger charge is -2.39. The van der Waals surface area contributed by atoms with Gasteiger partial charge < -0.3 is 51.7 Å². The lowest BCUT2D eigenvalue weighted by Crippen LogP contribution is -2.59. The Balaban J connectivity index is 0.000000255. The Morgan fingerprint density at radius 3 is 1.74 bits per heavy atom. The highest BCUT2D eigenvalue weighted by Crippen LogP contribution is 2.29. The quantitative estimate of drug-likeness (QED) is 0.177. The van der Waals surface area contributed by atoms with Gasteiger partial charge in [-0.15, -0.1) is 0 Å². The van der Waals surface area contributed by atoms with Gasteiger partial charge in [-0.3, -0.25) is 0 Å². The number of nitrogens with one attached hydrogen (secondary N) is 3. The Kier molecular flexibility index (Phi) is 12.0. The number of aliphatic hydroxyl groups excluding tert-OH is 6. The first-order valence-corrected chi connectivity index (χ1v) is 11.1. The molecule has 3 rings (SSSR count). The van der Waals surface area contributed by atoms with Crippen LogP contribution in [0.25, 0.3) is 0 Å². The Hall–Kier alpha value is -0.680. The SMILES string of the molecule is CC(F)(F)[C@H]1CNC[C@@H](O)[C@@H]1O.CC1(O)CNC[C@H](CO)[C@H]1O.OC[C@H]1CNCC(F)(F)[C@@H]1O. The summed E-state index contributed by atoms with van der Waals surface area (Å²) in [5.74, 6) is -8.25. The molecule has 3 saturated heterocycles. The molecule has 0 spiro atoms. The molecular formula is C20H39F4N3O7. The summed E-state index contributed by atoms with van der Waals surface area (Å²) < 4.78 is 50.7. The molecule has 8 atom stereocenters. The highest BCUT2D eigenvalue weighted by Gasteiger charge is 2.46. The van der Waals surface area contributed by atoms with E-state index in [-0.39, 0.29) is 32.2 Å². The molecule has 0 aromatic rings. The predicted molar refractivity (Wildman–Crippen MR) is 113 cm³/mol. The highest BCUT2D eigenvalue weighted by molar-refractivity contribution is 4.93. The van der Waals surface area contributed by atoms with E-state index in [4.69, 9.17) is 20.4 Å². The average Bonchev–Trinajstić information content (AvgIpc) is 2.74. The van der Waals surface area contributed by atoms with E-state index in [2.05, 4.69) is 16.0 Å². The first-order valence-electron chi connectivity index (χ1n) is 11.1. The van der Waals surface area contributed by atoms with E-state index in [1.165, 1.54) is 0 Å². The van der Waals surface area contributed by atoms with Gasteiger partial charge >= 0.3 is 0 Å². The zero-order valence-corrected chi connectivity index (χ0v) is 19.3. The van der Waals surface area contributed by atoms with Gasteiger partial charge in [0.2, 0.25) is 0 Å². The van der Waals surface area contributed by atoms with Crippen molar-refractivity contribution < 1.29 is 53.3 Å². The van der Waals surface area contributed by atoms with Crippen LogP contribution in [0.5, 0.6) is 0 Å². The smallest absolute Gasteiger partial charge is 0.285 e. The van der Waals surface area contributed by atoms with Crippen LogP contribution in [-0.4, -0.2) is 130 Å². The molecule has 0 aromatic heterocycles. The average molecular weight is 510 g/mol. The first-order chi connectivity index (χ1) is 15.6. The van der Waals surface area contributed by atoms with E-state index in [0.29, 0.717) is 13.1 Å². The zero-order chi connectivity index (χ0) is 26.3. The van der Waals surface area contributed by atoms with Crippen LogP contribution in [0.15, 0.2) is 0 Å². The topological polar surface area (TPSA) is 178 Å². The van der Waals surface area contributed by atoms with Crippen LogP contribution < -0.4 is 16.0 Å². The minimum absolute atomic E-state index is 0.0434. The second-order valence-corrected chi connectivity index (χ2v) is 9.43. The van der Waals surface area contributed by atoms with Crippen molar-refractivity contribution in [3.63, 3.8) is 0 Å². The monoisotopic (exact) mass is 509 g/mol. The normalized spacial score (nSPS) is 40.3. The van der Waals surface area contributed by atoms with Gasteiger partial charge in [0.05, 0.1) is 30.8 Å². The van der Waals surface area contributed by atoms with Crippen molar-refractivity contribution in [1.82, 2.24) is 16.0 Å². The van der Waals surface area contributed by atoms with E-state index in [1.54, 1.807) is 6.92 Å². The molecule has 0 aromatic carbocycles. The van der Waals surface area contributed by atoms with Crippen molar-refractivity contribution in [2.75, 3.05) is 52.5 Å². The van der Waals surface area contributed by atoms with Gasteiger partial charge in [0.15, 0.2) is 0 Å². The van der Waals surface area contributed by atoms with Crippen LogP contribution in [0.4, 0.5) is 17.6 Å². The molecule has 3 aliphatic heterocycles. The van der Waals surface area contributed by atoms with Gasteiger partial charge in [-0.1, -0.05) is 0 Å². The molecule has 10 nitrogen and oxygen atoms in total. The lowest BCUT2D eigenvalue weighted by atomic mass is 9.85. The van der Waals surface area contributed by atoms with Crippen LogP contribution in [-0.2, 0) is 0 Å². The number of rotatable bonds is 3. The molecule has 34 heavy (non-hydrogen) atoms. The molecule has 10 N–H and O–H groups in total. The van der Waals surface area contributed by atoms with Crippen LogP contribution in [0, 0.1) is 17.8 Å². The Bertz CT molecular complexity index is 569. The third-order valence-corrected chi connectivity index (χ3v) is 6.26. The molecular weight excluding hydrogens is 470 g/mol. The molecule has 3 fully saturated rings. The Morgan fingerprint density at radius 1 is 0.824 bits per heavy atom. The molecule has 0 amide bonds. The van der Waals surface area contributed by atoms with Gasteiger partial charge in [-0.2, -0.15) is 0 Å². The van der Waals surface area contributed by atoms with Crippen LogP contribution >= 0.6 is 0 Å². The lowest BCUT2D eigenvalue weighted by molar-refractivity contribution is -0.151. The van der Waals surface area contributed by atoms with Gasteiger partial charge in [-0.05, 0) is 13.8 Å². The van der Waals surface area contributed by atoms with Crippen LogP contribution in [0.1, 0.15) is 13.8 Å². The van der Waals surface area contributed by atoms with Gasteiger partial charge in [0.1, 0.15) is 11.7 Å². The highest BCUT2D eigenvalue weighted by atomic mass is 19.3. The number of hydrogen-bond donors (Lipinski definition) is 10. The Morgan fingerprint density at radius 2 is 1.32 bits per heavy atom. The molecule has 0 radical (unpaired) electrons. The summed E-state index contributed by atoms with van der Waals surface area (Å²) in [5, 5.41) is 71.5. The fourth-order valence-electron chi connectivity index (χ4n) is 3.92. The number of β-amino-alcohol motifs (C(OH)–C–C–N with tert-alkyl or cyclic N) is 2. The van der Waals surface area contributed by atoms with Crippen molar-refractivity contribution in [2.24, 2.45) is 17.8 Å². The Labute approximate surface area is 196 Å². The zero-order valence-electron chi connectivity index (χ0n) is 19.3. The van der Waals surface area contributed by atoms with Crippen LogP contribution in [0.2, 0.25) is 0 Å². The molecule has 3 aliphatic rings. The van der Waals surface area contributed by atoms with E-state index in [1.807, 2.05) is 0 Å². The molecule has 204 valence electrons. The first kappa shape index (κ1) is 31.4. The number of halogens is 4. The van der Waals surface area contributed by atoms with E-state index >= 15 is 0 Å². The van der Waals surface area contributed by atoms with Gasteiger partial charge in [0.25, 0.3) is 11.8 Å². The van der Waals surface area contributed by atoms with Gasteiger partial charge in [0, 0.05) is 57.8 Å². The molecule has 0 aliphatic carbocycles. The maximum absolute atomic E-state index is 12.7. The van der Waals surface area contributed by atoms with Crippen molar-refractivity contribution in [1.29, 1.82) is 0 Å². The number of hydrogen-bond acceptors (Lipinski definition) is 10. The minimum atomic E-state index is -3.11. The molecule has 3 heterocycles. The van der Waals surface area contributed by atoms with Crippen LogP contribution in [0.3, 0.4) is 0 Å². The third kappa shape index (κ3) is 8.76. The van der Waals surface area contributed by atoms with Crippen molar-refractivity contribution in [3.8, 4) is 0 Å². The molecule has 0 bridgehead atoms. The fourth-order valence-corrected chi connectivity index (χ4v) is 3.92. The predicted octanol–water partition coefficient (Wildman–Crippen LogP) is -2.91. The van der Waals surface area contributed by atoms with E-state index in [9.17, 15) is 32.9 Å². The summed E-state index contributed by atoms with van der Waals surface area (Å²) in [7, 11) is 0. The summed E-state index contributed by atoms with van der Waals surface area (Å²) in [6.45, 7) is 2.70. The second kappa shape index (κ2) is 13.0. The second-order valence-electron chi connectivity index (χ2n) is 9.43. The third-order valence-electron chi connectivity index (χ3n) is 6.26. The fraction of sp³-hybridized carbons (Fsp3) is 1.00. The number of piperidine rings is 3. The van der Waals surface area contributed by atoms with E-state index in [0.717, 1.165) is 6.92 Å². The summed E-state index contributed by atoms with van der Waals surface area (Å²) >= 11 is 0. The van der Waals surface area contributed by atoms with Crippen molar-refractivity contribution in [3.05, 3.63) is 0 Å². The summed E-state index contributed by atoms with van der Waals surface area (Å²) in [6, 6.07) is 0. The minimum Gasteiger partial charge on any atom is -0.396 e. The van der Waals surface area contributed by atoms with E-state index < -0.39 is 66.8 Å². The summed E-state index contributed by atoms with van der Waals surface area (Å²) in [6.07, 6.45) is -4.96. The number of aliphatic hydroxyl groups is 7. The number of alkyl halides is 4. The maximum atomic E-state index is 12.7. The maximum Gasteiger partial charge on any atom is 0.285 e.